The molecule has 0 amide bonds. The van der Waals surface area contributed by atoms with Crippen LogP contribution in [0.2, 0.25) is 0 Å². The van der Waals surface area contributed by atoms with Crippen molar-refractivity contribution in [1.29, 1.82) is 0 Å². The molecule has 0 bridgehead atoms. The van der Waals surface area contributed by atoms with Gasteiger partial charge in [-0.3, -0.25) is 14.4 Å². The van der Waals surface area contributed by atoms with E-state index in [9.17, 15) is 14.4 Å². The second-order valence-electron chi connectivity index (χ2n) is 19.9. The average Bonchev–Trinajstić information content (AvgIpc) is 3.39. The van der Waals surface area contributed by atoms with E-state index in [1.54, 1.807) is 0 Å². The minimum Gasteiger partial charge on any atom is -0.461 e. The second-order valence-corrected chi connectivity index (χ2v) is 19.9. The summed E-state index contributed by atoms with van der Waals surface area (Å²) >= 11 is 0. The van der Waals surface area contributed by atoms with E-state index in [2.05, 4.69) is 48.5 Å². The Morgan fingerprint density at radius 1 is 0.633 bits per heavy atom. The van der Waals surface area contributed by atoms with E-state index in [-0.39, 0.29) is 51.9 Å². The van der Waals surface area contributed by atoms with E-state index in [1.165, 1.54) is 103 Å². The van der Waals surface area contributed by atoms with Crippen LogP contribution in [0.1, 0.15) is 203 Å². The molecule has 0 saturated heterocycles. The normalized spacial score (nSPS) is 40.8. The van der Waals surface area contributed by atoms with Gasteiger partial charge in [-0.05, 0) is 123 Å². The number of unbranched alkanes of at least 4 members (excludes halogenated alkanes) is 10. The Labute approximate surface area is 301 Å². The lowest BCUT2D eigenvalue weighted by Gasteiger charge is -2.72. The van der Waals surface area contributed by atoms with Gasteiger partial charge in [-0.1, -0.05) is 113 Å². The fraction of sp³-hybridized carbons (Fsp3) is 0.933. The first-order valence-corrected chi connectivity index (χ1v) is 21.4. The summed E-state index contributed by atoms with van der Waals surface area (Å²) in [4.78, 5) is 38.9. The molecular weight excluding hydrogens is 604 g/mol. The lowest BCUT2D eigenvalue weighted by Crippen LogP contribution is -2.66. The van der Waals surface area contributed by atoms with Crippen molar-refractivity contribution in [3.8, 4) is 0 Å². The Balaban J connectivity index is 1.13. The number of carbonyl (C=O) groups excluding carboxylic acids is 3. The van der Waals surface area contributed by atoms with Crippen LogP contribution in [0.3, 0.4) is 0 Å². The van der Waals surface area contributed by atoms with Crippen molar-refractivity contribution in [2.45, 2.75) is 209 Å². The van der Waals surface area contributed by atoms with E-state index in [4.69, 9.17) is 4.74 Å². The summed E-state index contributed by atoms with van der Waals surface area (Å²) in [6, 6.07) is 0. The zero-order valence-electron chi connectivity index (χ0n) is 33.4. The van der Waals surface area contributed by atoms with Crippen molar-refractivity contribution in [1.82, 2.24) is 0 Å². The summed E-state index contributed by atoms with van der Waals surface area (Å²) in [6.45, 7) is 19.3. The van der Waals surface area contributed by atoms with Crippen molar-refractivity contribution in [3.63, 3.8) is 0 Å². The molecule has 280 valence electrons. The van der Waals surface area contributed by atoms with Crippen LogP contribution >= 0.6 is 0 Å². The Morgan fingerprint density at radius 3 is 1.90 bits per heavy atom. The molecule has 4 heteroatoms. The molecule has 5 fully saturated rings. The Bertz CT molecular complexity index is 1170. The number of esters is 1. The van der Waals surface area contributed by atoms with E-state index >= 15 is 0 Å². The smallest absolute Gasteiger partial charge is 0.313 e. The molecule has 10 atom stereocenters. The number of rotatable bonds is 16. The number of carbonyl (C=O) groups is 3. The summed E-state index contributed by atoms with van der Waals surface area (Å²) in [7, 11) is 0. The van der Waals surface area contributed by atoms with Crippen LogP contribution in [0.25, 0.3) is 0 Å². The van der Waals surface area contributed by atoms with Gasteiger partial charge in [0, 0.05) is 17.8 Å². The molecule has 0 aromatic rings. The molecule has 49 heavy (non-hydrogen) atoms. The third-order valence-corrected chi connectivity index (χ3v) is 17.0. The first-order valence-electron chi connectivity index (χ1n) is 21.4. The molecule has 5 aliphatic rings. The van der Waals surface area contributed by atoms with Crippen molar-refractivity contribution in [2.75, 3.05) is 0 Å². The summed E-state index contributed by atoms with van der Waals surface area (Å²) in [5, 5.41) is 0. The molecule has 5 unspecified atom stereocenters. The van der Waals surface area contributed by atoms with Gasteiger partial charge in [0.1, 0.15) is 24.1 Å². The molecule has 5 saturated carbocycles. The topological polar surface area (TPSA) is 60.4 Å². The summed E-state index contributed by atoms with van der Waals surface area (Å²) in [5.74, 6) is 2.81. The van der Waals surface area contributed by atoms with E-state index < -0.39 is 0 Å². The first-order chi connectivity index (χ1) is 23.1. The van der Waals surface area contributed by atoms with Crippen LogP contribution in [0.4, 0.5) is 0 Å². The third kappa shape index (κ3) is 7.39. The molecule has 0 aliphatic heterocycles. The Hall–Kier alpha value is -1.19. The highest BCUT2D eigenvalue weighted by atomic mass is 16.5. The van der Waals surface area contributed by atoms with Crippen LogP contribution in [-0.4, -0.2) is 23.6 Å². The quantitative estimate of drug-likeness (QED) is 0.0925. The fourth-order valence-corrected chi connectivity index (χ4v) is 14.0. The monoisotopic (exact) mass is 681 g/mol. The molecule has 5 rings (SSSR count). The molecule has 0 spiro atoms. The number of ether oxygens (including phenoxy) is 1. The highest BCUT2D eigenvalue weighted by Crippen LogP contribution is 2.77. The van der Waals surface area contributed by atoms with Crippen LogP contribution in [0.5, 0.6) is 0 Å². The zero-order chi connectivity index (χ0) is 35.7. The minimum absolute atomic E-state index is 0.0515. The van der Waals surface area contributed by atoms with Crippen molar-refractivity contribution < 1.29 is 19.1 Å². The molecule has 0 aromatic carbocycles. The summed E-state index contributed by atoms with van der Waals surface area (Å²) in [5.41, 5.74) is 0.981. The zero-order valence-corrected chi connectivity index (χ0v) is 33.4. The Morgan fingerprint density at radius 2 is 1.27 bits per heavy atom. The molecule has 4 nitrogen and oxygen atoms in total. The van der Waals surface area contributed by atoms with Gasteiger partial charge >= 0.3 is 5.97 Å². The van der Waals surface area contributed by atoms with Crippen molar-refractivity contribution >= 4 is 17.5 Å². The minimum atomic E-state index is -0.301. The van der Waals surface area contributed by atoms with Crippen LogP contribution in [0.15, 0.2) is 0 Å². The maximum absolute atomic E-state index is 13.2. The highest BCUT2D eigenvalue weighted by molar-refractivity contribution is 5.95. The second kappa shape index (κ2) is 15.4. The van der Waals surface area contributed by atoms with Gasteiger partial charge < -0.3 is 4.74 Å². The van der Waals surface area contributed by atoms with E-state index in [0.717, 1.165) is 32.1 Å². The Kier molecular flexibility index (Phi) is 12.3. The van der Waals surface area contributed by atoms with Gasteiger partial charge in [-0.25, -0.2) is 0 Å². The van der Waals surface area contributed by atoms with Crippen LogP contribution in [-0.2, 0) is 19.1 Å². The number of hydrogen-bond donors (Lipinski definition) is 0. The summed E-state index contributed by atoms with van der Waals surface area (Å²) < 4.78 is 6.25. The lowest BCUT2D eigenvalue weighted by atomic mass is 9.32. The van der Waals surface area contributed by atoms with Gasteiger partial charge in [0.15, 0.2) is 0 Å². The molecule has 0 aromatic heterocycles. The largest absolute Gasteiger partial charge is 0.461 e. The van der Waals surface area contributed by atoms with E-state index in [1.807, 2.05) is 6.92 Å². The summed E-state index contributed by atoms with van der Waals surface area (Å²) in [6.07, 6.45) is 26.1. The first kappa shape index (κ1) is 39.0. The number of fused-ring (bicyclic) bond motifs is 7. The molecular formula is C45H76O4. The van der Waals surface area contributed by atoms with Crippen molar-refractivity contribution in [3.05, 3.63) is 0 Å². The highest BCUT2D eigenvalue weighted by Gasteiger charge is 2.70. The number of ketones is 2. The van der Waals surface area contributed by atoms with E-state index in [0.29, 0.717) is 41.3 Å². The lowest BCUT2D eigenvalue weighted by molar-refractivity contribution is -0.249. The maximum atomic E-state index is 13.2. The molecule has 0 radical (unpaired) electrons. The van der Waals surface area contributed by atoms with Crippen LogP contribution in [0, 0.1) is 56.7 Å². The number of Topliss-reactive ketones (excluding diaryl/α,β-unsaturated/α-hetero) is 2. The molecule has 5 aliphatic carbocycles. The van der Waals surface area contributed by atoms with Crippen LogP contribution < -0.4 is 0 Å². The average molecular weight is 681 g/mol. The number of hydrogen-bond acceptors (Lipinski definition) is 4. The van der Waals surface area contributed by atoms with Gasteiger partial charge in [0.05, 0.1) is 0 Å². The standard InChI is InChI=1S/C45H76O4/c1-9-10-11-12-13-14-15-16-17-18-19-20-33(47)31-39(48)49-38-25-27-43(6)36(41(38,3)4)24-28-45(8)37(43)22-21-35-40-34(32(2)46)23-26-42(40,5)29-30-44(35,45)7/h34-38,40H,9-31H2,1-8H3/t34?,35?,36?,37?,38-,40?,42+,43-,44+,45+/m0/s1. The van der Waals surface area contributed by atoms with Gasteiger partial charge in [0.25, 0.3) is 0 Å². The molecule has 0 N–H and O–H groups in total. The third-order valence-electron chi connectivity index (χ3n) is 17.0. The predicted molar refractivity (Wildman–Crippen MR) is 201 cm³/mol. The van der Waals surface area contributed by atoms with Gasteiger partial charge in [-0.15, -0.1) is 0 Å². The fourth-order valence-electron chi connectivity index (χ4n) is 14.0. The molecule has 0 heterocycles. The maximum Gasteiger partial charge on any atom is 0.313 e. The van der Waals surface area contributed by atoms with Crippen molar-refractivity contribution in [2.24, 2.45) is 56.7 Å². The predicted octanol–water partition coefficient (Wildman–Crippen LogP) is 12.2. The van der Waals surface area contributed by atoms with Gasteiger partial charge in [0.2, 0.25) is 0 Å². The van der Waals surface area contributed by atoms with Gasteiger partial charge in [-0.2, -0.15) is 0 Å². The SMILES string of the molecule is CCCCCCCCCCCCCC(=O)CC(=O)O[C@H]1CC[C@@]2(C)C(CC[C@]3(C)C2CCC2C4C(C(C)=O)CC[C@]4(C)CC[C@]23C)C1(C)C.